The molecule has 3 N–H and O–H groups in total. The van der Waals surface area contributed by atoms with Gasteiger partial charge in [-0.1, -0.05) is 23.2 Å². The van der Waals surface area contributed by atoms with Crippen LogP contribution in [0.15, 0.2) is 12.1 Å². The molecule has 0 bridgehead atoms. The average molecular weight is 251 g/mol. The van der Waals surface area contributed by atoms with E-state index in [2.05, 4.69) is 5.32 Å². The standard InChI is InChI=1S/C9H9Cl2FN2O/c1-4(9(13)15)14-5-2-6(10)8(12)7(11)3-5/h2-4,14H,1H3,(H2,13,15). The zero-order chi connectivity index (χ0) is 11.6. The predicted molar refractivity (Wildman–Crippen MR) is 58.7 cm³/mol. The van der Waals surface area contributed by atoms with Crippen LogP contribution < -0.4 is 11.1 Å². The quantitative estimate of drug-likeness (QED) is 0.810. The van der Waals surface area contributed by atoms with Crippen molar-refractivity contribution in [3.8, 4) is 0 Å². The molecule has 0 aliphatic rings. The van der Waals surface area contributed by atoms with Crippen molar-refractivity contribution in [2.24, 2.45) is 5.73 Å². The van der Waals surface area contributed by atoms with Gasteiger partial charge in [0.25, 0.3) is 0 Å². The number of amides is 1. The molecule has 1 atom stereocenters. The van der Waals surface area contributed by atoms with Crippen molar-refractivity contribution in [1.29, 1.82) is 0 Å². The van der Waals surface area contributed by atoms with E-state index >= 15 is 0 Å². The highest BCUT2D eigenvalue weighted by Crippen LogP contribution is 2.27. The number of primary amides is 1. The monoisotopic (exact) mass is 250 g/mol. The predicted octanol–water partition coefficient (Wildman–Crippen LogP) is 2.42. The van der Waals surface area contributed by atoms with E-state index < -0.39 is 17.8 Å². The lowest BCUT2D eigenvalue weighted by Gasteiger charge is -2.12. The van der Waals surface area contributed by atoms with Crippen LogP contribution in [0.25, 0.3) is 0 Å². The number of hydrogen-bond acceptors (Lipinski definition) is 2. The van der Waals surface area contributed by atoms with Gasteiger partial charge in [-0.3, -0.25) is 4.79 Å². The number of rotatable bonds is 3. The minimum atomic E-state index is -0.685. The Labute approximate surface area is 96.3 Å². The fraction of sp³-hybridized carbons (Fsp3) is 0.222. The molecule has 1 aromatic carbocycles. The Bertz CT molecular complexity index is 375. The molecule has 0 saturated carbocycles. The van der Waals surface area contributed by atoms with Crippen LogP contribution in [-0.2, 0) is 4.79 Å². The number of carbonyl (C=O) groups excluding carboxylic acids is 1. The van der Waals surface area contributed by atoms with Crippen molar-refractivity contribution in [2.75, 3.05) is 5.32 Å². The third kappa shape index (κ3) is 2.97. The average Bonchev–Trinajstić information content (AvgIpc) is 2.13. The van der Waals surface area contributed by atoms with Crippen LogP contribution in [0.3, 0.4) is 0 Å². The third-order valence-corrected chi connectivity index (χ3v) is 2.34. The van der Waals surface area contributed by atoms with Gasteiger partial charge in [-0.25, -0.2) is 4.39 Å². The number of anilines is 1. The van der Waals surface area contributed by atoms with E-state index in [0.29, 0.717) is 5.69 Å². The highest BCUT2D eigenvalue weighted by Gasteiger charge is 2.11. The van der Waals surface area contributed by atoms with E-state index in [1.54, 1.807) is 6.92 Å². The lowest BCUT2D eigenvalue weighted by Crippen LogP contribution is -2.32. The van der Waals surface area contributed by atoms with E-state index in [1.165, 1.54) is 12.1 Å². The van der Waals surface area contributed by atoms with Crippen LogP contribution in [0.1, 0.15) is 6.92 Å². The molecule has 0 spiro atoms. The number of nitrogens with one attached hydrogen (secondary N) is 1. The molecule has 0 aliphatic carbocycles. The maximum absolute atomic E-state index is 13.0. The lowest BCUT2D eigenvalue weighted by molar-refractivity contribution is -0.118. The van der Waals surface area contributed by atoms with E-state index in [4.69, 9.17) is 28.9 Å². The van der Waals surface area contributed by atoms with Crippen LogP contribution in [0.4, 0.5) is 10.1 Å². The Balaban J connectivity index is 2.92. The fourth-order valence-electron chi connectivity index (χ4n) is 0.960. The number of carbonyl (C=O) groups is 1. The van der Waals surface area contributed by atoms with Gasteiger partial charge in [-0.05, 0) is 19.1 Å². The van der Waals surface area contributed by atoms with E-state index in [1.807, 2.05) is 0 Å². The number of halogens is 3. The highest BCUT2D eigenvalue weighted by molar-refractivity contribution is 6.35. The maximum atomic E-state index is 13.0. The molecular weight excluding hydrogens is 242 g/mol. The molecular formula is C9H9Cl2FN2O. The topological polar surface area (TPSA) is 55.1 Å². The van der Waals surface area contributed by atoms with Crippen LogP contribution in [-0.4, -0.2) is 11.9 Å². The second kappa shape index (κ2) is 4.68. The van der Waals surface area contributed by atoms with E-state index in [9.17, 15) is 9.18 Å². The summed E-state index contributed by atoms with van der Waals surface area (Å²) >= 11 is 11.1. The highest BCUT2D eigenvalue weighted by atomic mass is 35.5. The first kappa shape index (κ1) is 12.1. The lowest BCUT2D eigenvalue weighted by atomic mass is 10.2. The second-order valence-corrected chi connectivity index (χ2v) is 3.84. The number of benzene rings is 1. The summed E-state index contributed by atoms with van der Waals surface area (Å²) < 4.78 is 13.0. The van der Waals surface area contributed by atoms with Crippen molar-refractivity contribution >= 4 is 34.8 Å². The first-order valence-electron chi connectivity index (χ1n) is 4.12. The summed E-state index contributed by atoms with van der Waals surface area (Å²) in [6, 6.07) is 2.09. The zero-order valence-electron chi connectivity index (χ0n) is 7.85. The largest absolute Gasteiger partial charge is 0.374 e. The summed E-state index contributed by atoms with van der Waals surface area (Å²) in [5.74, 6) is -1.21. The first-order valence-corrected chi connectivity index (χ1v) is 4.88. The van der Waals surface area contributed by atoms with Gasteiger partial charge in [0.05, 0.1) is 10.0 Å². The van der Waals surface area contributed by atoms with E-state index in [-0.39, 0.29) is 10.0 Å². The molecule has 0 saturated heterocycles. The smallest absolute Gasteiger partial charge is 0.239 e. The maximum Gasteiger partial charge on any atom is 0.239 e. The van der Waals surface area contributed by atoms with Gasteiger partial charge >= 0.3 is 0 Å². The summed E-state index contributed by atoms with van der Waals surface area (Å²) in [6.45, 7) is 1.58. The first-order chi connectivity index (χ1) is 6.91. The molecule has 1 unspecified atom stereocenters. The van der Waals surface area contributed by atoms with Crippen LogP contribution in [0, 0.1) is 5.82 Å². The molecule has 1 aromatic rings. The van der Waals surface area contributed by atoms with E-state index in [0.717, 1.165) is 0 Å². The summed E-state index contributed by atoms with van der Waals surface area (Å²) in [7, 11) is 0. The minimum Gasteiger partial charge on any atom is -0.374 e. The van der Waals surface area contributed by atoms with Crippen molar-refractivity contribution in [2.45, 2.75) is 13.0 Å². The van der Waals surface area contributed by atoms with Crippen molar-refractivity contribution in [3.05, 3.63) is 28.0 Å². The zero-order valence-corrected chi connectivity index (χ0v) is 9.36. The van der Waals surface area contributed by atoms with Gasteiger partial charge in [-0.15, -0.1) is 0 Å². The van der Waals surface area contributed by atoms with Crippen molar-refractivity contribution in [3.63, 3.8) is 0 Å². The Morgan fingerprint density at radius 3 is 2.33 bits per heavy atom. The second-order valence-electron chi connectivity index (χ2n) is 3.02. The van der Waals surface area contributed by atoms with Crippen molar-refractivity contribution < 1.29 is 9.18 Å². The molecule has 1 rings (SSSR count). The molecule has 82 valence electrons. The Kier molecular flexibility index (Phi) is 3.77. The molecule has 0 radical (unpaired) electrons. The molecule has 15 heavy (non-hydrogen) atoms. The summed E-state index contributed by atoms with van der Waals surface area (Å²) in [6.07, 6.45) is 0. The van der Waals surface area contributed by atoms with Gasteiger partial charge in [0.15, 0.2) is 5.82 Å². The van der Waals surface area contributed by atoms with Gasteiger partial charge in [0.1, 0.15) is 6.04 Å². The van der Waals surface area contributed by atoms with Crippen LogP contribution in [0.5, 0.6) is 0 Å². The van der Waals surface area contributed by atoms with Crippen molar-refractivity contribution in [1.82, 2.24) is 0 Å². The SMILES string of the molecule is CC(Nc1cc(Cl)c(F)c(Cl)c1)C(N)=O. The molecule has 1 amide bonds. The van der Waals surface area contributed by atoms with Gasteiger partial charge < -0.3 is 11.1 Å². The summed E-state index contributed by atoms with van der Waals surface area (Å²) in [4.78, 5) is 10.8. The molecule has 0 fully saturated rings. The molecule has 0 heterocycles. The Morgan fingerprint density at radius 2 is 1.93 bits per heavy atom. The minimum absolute atomic E-state index is 0.110. The molecule has 6 heteroatoms. The molecule has 3 nitrogen and oxygen atoms in total. The Hall–Kier alpha value is -1.00. The normalized spacial score (nSPS) is 12.3. The summed E-state index contributed by atoms with van der Waals surface area (Å²) in [5, 5.41) is 2.52. The molecule has 0 aliphatic heterocycles. The summed E-state index contributed by atoms with van der Waals surface area (Å²) in [5.41, 5.74) is 5.49. The van der Waals surface area contributed by atoms with Gasteiger partial charge in [-0.2, -0.15) is 0 Å². The number of nitrogens with two attached hydrogens (primary N) is 1. The Morgan fingerprint density at radius 1 is 1.47 bits per heavy atom. The van der Waals surface area contributed by atoms with Gasteiger partial charge in [0, 0.05) is 5.69 Å². The number of hydrogen-bond donors (Lipinski definition) is 2. The molecule has 0 aromatic heterocycles. The van der Waals surface area contributed by atoms with Crippen LogP contribution >= 0.6 is 23.2 Å². The fourth-order valence-corrected chi connectivity index (χ4v) is 1.45. The van der Waals surface area contributed by atoms with Gasteiger partial charge in [0.2, 0.25) is 5.91 Å². The third-order valence-electron chi connectivity index (χ3n) is 1.79. The van der Waals surface area contributed by atoms with Crippen LogP contribution in [0.2, 0.25) is 10.0 Å².